The van der Waals surface area contributed by atoms with Crippen molar-refractivity contribution in [3.05, 3.63) is 35.4 Å². The van der Waals surface area contributed by atoms with Crippen LogP contribution in [-0.2, 0) is 16.1 Å². The average molecular weight is 290 g/mol. The van der Waals surface area contributed by atoms with Gasteiger partial charge in [0.15, 0.2) is 0 Å². The number of esters is 1. The number of carbonyl (C=O) groups excluding carboxylic acids is 2. The molecule has 0 aromatic heterocycles. The van der Waals surface area contributed by atoms with E-state index in [4.69, 9.17) is 10.5 Å². The number of methoxy groups -OCH3 is 1. The lowest BCUT2D eigenvalue weighted by Crippen LogP contribution is -2.56. The maximum Gasteiger partial charge on any atom is 0.331 e. The van der Waals surface area contributed by atoms with E-state index in [1.54, 1.807) is 12.1 Å². The quantitative estimate of drug-likeness (QED) is 0.828. The molecule has 1 aromatic carbocycles. The van der Waals surface area contributed by atoms with Crippen molar-refractivity contribution in [3.8, 4) is 0 Å². The summed E-state index contributed by atoms with van der Waals surface area (Å²) in [5.41, 5.74) is 6.16. The van der Waals surface area contributed by atoms with Crippen LogP contribution in [-0.4, -0.2) is 24.5 Å². The molecule has 5 nitrogen and oxygen atoms in total. The smallest absolute Gasteiger partial charge is 0.331 e. The second-order valence-electron chi connectivity index (χ2n) is 5.49. The first-order valence-corrected chi connectivity index (χ1v) is 7.31. The van der Waals surface area contributed by atoms with Gasteiger partial charge in [-0.25, -0.2) is 4.79 Å². The van der Waals surface area contributed by atoms with Crippen LogP contribution in [0.15, 0.2) is 24.3 Å². The van der Waals surface area contributed by atoms with Gasteiger partial charge in [0.25, 0.3) is 5.91 Å². The minimum Gasteiger partial charge on any atom is -0.467 e. The lowest BCUT2D eigenvalue weighted by molar-refractivity contribution is -0.149. The van der Waals surface area contributed by atoms with Crippen molar-refractivity contribution in [2.24, 2.45) is 5.73 Å². The summed E-state index contributed by atoms with van der Waals surface area (Å²) in [5.74, 6) is -0.597. The van der Waals surface area contributed by atoms with Crippen molar-refractivity contribution in [1.29, 1.82) is 0 Å². The third-order valence-corrected chi connectivity index (χ3v) is 4.09. The molecule has 2 rings (SSSR count). The van der Waals surface area contributed by atoms with Gasteiger partial charge >= 0.3 is 5.97 Å². The number of hydrogen-bond donors (Lipinski definition) is 2. The Hall–Kier alpha value is -1.88. The molecule has 1 aliphatic rings. The first kappa shape index (κ1) is 15.5. The van der Waals surface area contributed by atoms with Crippen molar-refractivity contribution in [2.75, 3.05) is 7.11 Å². The zero-order valence-electron chi connectivity index (χ0n) is 12.4. The summed E-state index contributed by atoms with van der Waals surface area (Å²) in [4.78, 5) is 24.5. The van der Waals surface area contributed by atoms with Gasteiger partial charge in [-0.3, -0.25) is 4.79 Å². The molecular weight excluding hydrogens is 268 g/mol. The van der Waals surface area contributed by atoms with Crippen molar-refractivity contribution in [2.45, 2.75) is 44.2 Å². The number of amides is 1. The van der Waals surface area contributed by atoms with Crippen LogP contribution in [0.2, 0.25) is 0 Å². The predicted octanol–water partition coefficient (Wildman–Crippen LogP) is 1.75. The fourth-order valence-corrected chi connectivity index (χ4v) is 2.81. The third-order valence-electron chi connectivity index (χ3n) is 4.09. The van der Waals surface area contributed by atoms with Crippen LogP contribution in [0.4, 0.5) is 0 Å². The molecule has 0 unspecified atom stereocenters. The summed E-state index contributed by atoms with van der Waals surface area (Å²) >= 11 is 0. The van der Waals surface area contributed by atoms with E-state index in [2.05, 4.69) is 5.32 Å². The molecule has 1 aliphatic carbocycles. The van der Waals surface area contributed by atoms with E-state index >= 15 is 0 Å². The Bertz CT molecular complexity index is 505. The van der Waals surface area contributed by atoms with Crippen molar-refractivity contribution < 1.29 is 14.3 Å². The highest BCUT2D eigenvalue weighted by molar-refractivity contribution is 5.98. The van der Waals surface area contributed by atoms with Crippen LogP contribution < -0.4 is 11.1 Å². The summed E-state index contributed by atoms with van der Waals surface area (Å²) < 4.78 is 4.90. The second kappa shape index (κ2) is 6.72. The highest BCUT2D eigenvalue weighted by Gasteiger charge is 2.42. The fraction of sp³-hybridized carbons (Fsp3) is 0.500. The van der Waals surface area contributed by atoms with Gasteiger partial charge in [-0.05, 0) is 30.5 Å². The predicted molar refractivity (Wildman–Crippen MR) is 79.6 cm³/mol. The number of carbonyl (C=O) groups is 2. The lowest BCUT2D eigenvalue weighted by Gasteiger charge is -2.35. The molecule has 114 valence electrons. The van der Waals surface area contributed by atoms with Crippen LogP contribution in [0, 0.1) is 0 Å². The standard InChI is InChI=1S/C16H22N2O3/c1-21-15(20)16(9-3-2-4-10-16)18-14(19)13-7-5-12(11-17)6-8-13/h5-8H,2-4,9-11,17H2,1H3,(H,18,19). The molecule has 1 fully saturated rings. The minimum absolute atomic E-state index is 0.245. The Labute approximate surface area is 124 Å². The van der Waals surface area contributed by atoms with Crippen LogP contribution in [0.25, 0.3) is 0 Å². The zero-order valence-corrected chi connectivity index (χ0v) is 12.4. The second-order valence-corrected chi connectivity index (χ2v) is 5.49. The minimum atomic E-state index is -0.878. The molecule has 0 radical (unpaired) electrons. The van der Waals surface area contributed by atoms with E-state index in [1.165, 1.54) is 7.11 Å². The molecule has 0 atom stereocenters. The van der Waals surface area contributed by atoms with E-state index in [1.807, 2.05) is 12.1 Å². The van der Waals surface area contributed by atoms with Gasteiger partial charge in [-0.15, -0.1) is 0 Å². The molecule has 3 N–H and O–H groups in total. The number of benzene rings is 1. The fourth-order valence-electron chi connectivity index (χ4n) is 2.81. The summed E-state index contributed by atoms with van der Waals surface area (Å²) in [7, 11) is 1.36. The SMILES string of the molecule is COC(=O)C1(NC(=O)c2ccc(CN)cc2)CCCCC1. The topological polar surface area (TPSA) is 81.4 Å². The molecule has 0 aliphatic heterocycles. The van der Waals surface area contributed by atoms with Gasteiger partial charge in [0.1, 0.15) is 5.54 Å². The molecule has 1 saturated carbocycles. The van der Waals surface area contributed by atoms with Gasteiger partial charge in [0.05, 0.1) is 7.11 Å². The van der Waals surface area contributed by atoms with Crippen LogP contribution in [0.3, 0.4) is 0 Å². The van der Waals surface area contributed by atoms with Crippen molar-refractivity contribution >= 4 is 11.9 Å². The first-order valence-electron chi connectivity index (χ1n) is 7.31. The number of ether oxygens (including phenoxy) is 1. The van der Waals surface area contributed by atoms with E-state index in [0.29, 0.717) is 24.9 Å². The number of nitrogens with one attached hydrogen (secondary N) is 1. The van der Waals surface area contributed by atoms with Crippen molar-refractivity contribution in [1.82, 2.24) is 5.32 Å². The zero-order chi connectivity index (χ0) is 15.3. The molecule has 0 saturated heterocycles. The Kier molecular flexibility index (Phi) is 4.96. The maximum atomic E-state index is 12.4. The molecule has 1 aromatic rings. The molecule has 0 heterocycles. The summed E-state index contributed by atoms with van der Waals surface area (Å²) in [6.45, 7) is 0.438. The van der Waals surface area contributed by atoms with Crippen LogP contribution >= 0.6 is 0 Å². The van der Waals surface area contributed by atoms with E-state index < -0.39 is 5.54 Å². The number of rotatable bonds is 4. The molecule has 1 amide bonds. The van der Waals surface area contributed by atoms with Gasteiger partial charge < -0.3 is 15.8 Å². The molecular formula is C16H22N2O3. The Morgan fingerprint density at radius 1 is 1.19 bits per heavy atom. The first-order chi connectivity index (χ1) is 10.1. The van der Waals surface area contributed by atoms with Crippen LogP contribution in [0.5, 0.6) is 0 Å². The van der Waals surface area contributed by atoms with Gasteiger partial charge in [0, 0.05) is 12.1 Å². The summed E-state index contributed by atoms with van der Waals surface area (Å²) in [5, 5.41) is 2.89. The number of hydrogen-bond acceptors (Lipinski definition) is 4. The number of nitrogens with two attached hydrogens (primary N) is 1. The van der Waals surface area contributed by atoms with Gasteiger partial charge in [-0.1, -0.05) is 31.4 Å². The maximum absolute atomic E-state index is 12.4. The van der Waals surface area contributed by atoms with Gasteiger partial charge in [0.2, 0.25) is 0 Å². The monoisotopic (exact) mass is 290 g/mol. The van der Waals surface area contributed by atoms with E-state index in [0.717, 1.165) is 24.8 Å². The van der Waals surface area contributed by atoms with Crippen LogP contribution in [0.1, 0.15) is 48.0 Å². The molecule has 0 spiro atoms. The highest BCUT2D eigenvalue weighted by Crippen LogP contribution is 2.29. The van der Waals surface area contributed by atoms with E-state index in [-0.39, 0.29) is 11.9 Å². The molecule has 5 heteroatoms. The van der Waals surface area contributed by atoms with Crippen molar-refractivity contribution in [3.63, 3.8) is 0 Å². The average Bonchev–Trinajstić information content (AvgIpc) is 2.55. The van der Waals surface area contributed by atoms with Gasteiger partial charge in [-0.2, -0.15) is 0 Å². The Balaban J connectivity index is 2.15. The van der Waals surface area contributed by atoms with E-state index in [9.17, 15) is 9.59 Å². The molecule has 0 bridgehead atoms. The molecule has 21 heavy (non-hydrogen) atoms. The largest absolute Gasteiger partial charge is 0.467 e. The Morgan fingerprint density at radius 3 is 2.33 bits per heavy atom. The lowest BCUT2D eigenvalue weighted by atomic mass is 9.81. The highest BCUT2D eigenvalue weighted by atomic mass is 16.5. The summed E-state index contributed by atoms with van der Waals surface area (Å²) in [6, 6.07) is 7.10. The summed E-state index contributed by atoms with van der Waals surface area (Å²) in [6.07, 6.45) is 4.18. The Morgan fingerprint density at radius 2 is 1.81 bits per heavy atom. The third kappa shape index (κ3) is 3.42. The normalized spacial score (nSPS) is 17.0.